The second-order valence-electron chi connectivity index (χ2n) is 5.39. The minimum absolute atomic E-state index is 0.158. The highest BCUT2D eigenvalue weighted by molar-refractivity contribution is 5.16. The van der Waals surface area contributed by atoms with Crippen LogP contribution in [0.15, 0.2) is 24.3 Å². The second-order valence-corrected chi connectivity index (χ2v) is 5.39. The molecule has 1 unspecified atom stereocenters. The lowest BCUT2D eigenvalue weighted by molar-refractivity contribution is 0.190. The molecule has 1 aromatic rings. The van der Waals surface area contributed by atoms with E-state index in [4.69, 9.17) is 4.74 Å². The highest BCUT2D eigenvalue weighted by atomic mass is 19.1. The van der Waals surface area contributed by atoms with E-state index in [9.17, 15) is 4.39 Å². The van der Waals surface area contributed by atoms with Gasteiger partial charge in [-0.1, -0.05) is 25.5 Å². The SMILES string of the molecule is CCCNCC(CCCCOC)Cc1ccc(F)cc1. The Labute approximate surface area is 122 Å². The van der Waals surface area contributed by atoms with E-state index in [0.717, 1.165) is 39.0 Å². The van der Waals surface area contributed by atoms with Crippen LogP contribution in [0.1, 0.15) is 38.2 Å². The first-order chi connectivity index (χ1) is 9.76. The fourth-order valence-electron chi connectivity index (χ4n) is 2.39. The molecule has 0 fully saturated rings. The van der Waals surface area contributed by atoms with Crippen molar-refractivity contribution in [3.05, 3.63) is 35.6 Å². The molecule has 0 aliphatic carbocycles. The Morgan fingerprint density at radius 3 is 2.60 bits per heavy atom. The van der Waals surface area contributed by atoms with Crippen molar-refractivity contribution in [2.24, 2.45) is 5.92 Å². The third kappa shape index (κ3) is 7.61. The first kappa shape index (κ1) is 17.1. The van der Waals surface area contributed by atoms with Crippen LogP contribution in [-0.4, -0.2) is 26.8 Å². The average Bonchev–Trinajstić information content (AvgIpc) is 2.46. The van der Waals surface area contributed by atoms with Gasteiger partial charge in [-0.05, 0) is 62.4 Å². The van der Waals surface area contributed by atoms with Gasteiger partial charge in [0, 0.05) is 13.7 Å². The summed E-state index contributed by atoms with van der Waals surface area (Å²) in [4.78, 5) is 0. The van der Waals surface area contributed by atoms with Gasteiger partial charge in [0.05, 0.1) is 0 Å². The largest absolute Gasteiger partial charge is 0.385 e. The maximum atomic E-state index is 12.9. The summed E-state index contributed by atoms with van der Waals surface area (Å²) in [6.45, 7) is 5.13. The molecule has 1 rings (SSSR count). The van der Waals surface area contributed by atoms with Crippen LogP contribution in [0.2, 0.25) is 0 Å². The average molecular weight is 281 g/mol. The lowest BCUT2D eigenvalue weighted by Crippen LogP contribution is -2.25. The van der Waals surface area contributed by atoms with Crippen LogP contribution in [0, 0.1) is 11.7 Å². The molecular formula is C17H28FNO. The Bertz CT molecular complexity index is 339. The summed E-state index contributed by atoms with van der Waals surface area (Å²) in [6, 6.07) is 6.90. The summed E-state index contributed by atoms with van der Waals surface area (Å²) in [7, 11) is 1.75. The summed E-state index contributed by atoms with van der Waals surface area (Å²) in [5, 5.41) is 3.50. The molecular weight excluding hydrogens is 253 g/mol. The van der Waals surface area contributed by atoms with Crippen LogP contribution in [0.4, 0.5) is 4.39 Å². The molecule has 0 aliphatic rings. The first-order valence-corrected chi connectivity index (χ1v) is 7.70. The second kappa shape index (κ2) is 10.8. The normalized spacial score (nSPS) is 12.6. The van der Waals surface area contributed by atoms with Gasteiger partial charge in [-0.3, -0.25) is 0 Å². The van der Waals surface area contributed by atoms with E-state index in [0.29, 0.717) is 5.92 Å². The van der Waals surface area contributed by atoms with Crippen LogP contribution in [0.3, 0.4) is 0 Å². The quantitative estimate of drug-likeness (QED) is 0.623. The fraction of sp³-hybridized carbons (Fsp3) is 0.647. The minimum Gasteiger partial charge on any atom is -0.385 e. The van der Waals surface area contributed by atoms with Crippen molar-refractivity contribution in [3.8, 4) is 0 Å². The monoisotopic (exact) mass is 281 g/mol. The number of nitrogens with one attached hydrogen (secondary N) is 1. The summed E-state index contributed by atoms with van der Waals surface area (Å²) in [6.07, 6.45) is 5.67. The molecule has 0 aromatic heterocycles. The molecule has 0 amide bonds. The predicted molar refractivity (Wildman–Crippen MR) is 82.5 cm³/mol. The van der Waals surface area contributed by atoms with Gasteiger partial charge < -0.3 is 10.1 Å². The number of hydrogen-bond acceptors (Lipinski definition) is 2. The molecule has 114 valence electrons. The van der Waals surface area contributed by atoms with Crippen LogP contribution >= 0.6 is 0 Å². The molecule has 0 aliphatic heterocycles. The standard InChI is InChI=1S/C17H28FNO/c1-3-11-19-14-16(6-4-5-12-20-2)13-15-7-9-17(18)10-8-15/h7-10,16,19H,3-6,11-14H2,1-2H3. The van der Waals surface area contributed by atoms with E-state index < -0.39 is 0 Å². The van der Waals surface area contributed by atoms with Crippen LogP contribution in [0.5, 0.6) is 0 Å². The number of benzene rings is 1. The molecule has 3 heteroatoms. The third-order valence-corrected chi connectivity index (χ3v) is 3.51. The Hall–Kier alpha value is -0.930. The number of ether oxygens (including phenoxy) is 1. The van der Waals surface area contributed by atoms with Gasteiger partial charge in [0.25, 0.3) is 0 Å². The number of hydrogen-bond donors (Lipinski definition) is 1. The van der Waals surface area contributed by atoms with Crippen LogP contribution in [-0.2, 0) is 11.2 Å². The molecule has 0 radical (unpaired) electrons. The molecule has 1 aromatic carbocycles. The van der Waals surface area contributed by atoms with Crippen molar-refractivity contribution in [2.75, 3.05) is 26.8 Å². The number of halogens is 1. The van der Waals surface area contributed by atoms with Crippen molar-refractivity contribution in [3.63, 3.8) is 0 Å². The van der Waals surface area contributed by atoms with E-state index in [1.807, 2.05) is 12.1 Å². The topological polar surface area (TPSA) is 21.3 Å². The summed E-state index contributed by atoms with van der Waals surface area (Å²) in [5.74, 6) is 0.457. The van der Waals surface area contributed by atoms with E-state index in [1.54, 1.807) is 19.2 Å². The zero-order valence-electron chi connectivity index (χ0n) is 12.8. The van der Waals surface area contributed by atoms with Crippen molar-refractivity contribution >= 4 is 0 Å². The maximum absolute atomic E-state index is 12.9. The van der Waals surface area contributed by atoms with Crippen LogP contribution in [0.25, 0.3) is 0 Å². The molecule has 0 bridgehead atoms. The van der Waals surface area contributed by atoms with E-state index >= 15 is 0 Å². The smallest absolute Gasteiger partial charge is 0.123 e. The van der Waals surface area contributed by atoms with Gasteiger partial charge >= 0.3 is 0 Å². The maximum Gasteiger partial charge on any atom is 0.123 e. The zero-order chi connectivity index (χ0) is 14.6. The van der Waals surface area contributed by atoms with E-state index in [-0.39, 0.29) is 5.82 Å². The van der Waals surface area contributed by atoms with Gasteiger partial charge in [0.1, 0.15) is 5.82 Å². The first-order valence-electron chi connectivity index (χ1n) is 7.70. The van der Waals surface area contributed by atoms with Gasteiger partial charge in [-0.2, -0.15) is 0 Å². The molecule has 0 saturated heterocycles. The predicted octanol–water partition coefficient (Wildman–Crippen LogP) is 3.80. The van der Waals surface area contributed by atoms with Crippen molar-refractivity contribution in [1.29, 1.82) is 0 Å². The summed E-state index contributed by atoms with van der Waals surface area (Å²) < 4.78 is 18.0. The van der Waals surface area contributed by atoms with E-state index in [1.165, 1.54) is 18.4 Å². The third-order valence-electron chi connectivity index (χ3n) is 3.51. The Morgan fingerprint density at radius 2 is 1.95 bits per heavy atom. The Kier molecular flexibility index (Phi) is 9.25. The molecule has 2 nitrogen and oxygen atoms in total. The van der Waals surface area contributed by atoms with Gasteiger partial charge in [-0.25, -0.2) is 4.39 Å². The molecule has 0 spiro atoms. The minimum atomic E-state index is -0.158. The Morgan fingerprint density at radius 1 is 1.20 bits per heavy atom. The van der Waals surface area contributed by atoms with Crippen molar-refractivity contribution < 1.29 is 9.13 Å². The zero-order valence-corrected chi connectivity index (χ0v) is 12.8. The molecule has 1 N–H and O–H groups in total. The highest BCUT2D eigenvalue weighted by Gasteiger charge is 2.09. The summed E-state index contributed by atoms with van der Waals surface area (Å²) in [5.41, 5.74) is 1.22. The lowest BCUT2D eigenvalue weighted by atomic mass is 9.94. The highest BCUT2D eigenvalue weighted by Crippen LogP contribution is 2.15. The lowest BCUT2D eigenvalue weighted by Gasteiger charge is -2.18. The van der Waals surface area contributed by atoms with Gasteiger partial charge in [0.15, 0.2) is 0 Å². The number of rotatable bonds is 11. The Balaban J connectivity index is 2.41. The van der Waals surface area contributed by atoms with Gasteiger partial charge in [0.2, 0.25) is 0 Å². The van der Waals surface area contributed by atoms with E-state index in [2.05, 4.69) is 12.2 Å². The van der Waals surface area contributed by atoms with Gasteiger partial charge in [-0.15, -0.1) is 0 Å². The molecule has 0 heterocycles. The number of methoxy groups -OCH3 is 1. The fourth-order valence-corrected chi connectivity index (χ4v) is 2.39. The molecule has 20 heavy (non-hydrogen) atoms. The molecule has 0 saturated carbocycles. The van der Waals surface area contributed by atoms with Crippen molar-refractivity contribution in [1.82, 2.24) is 5.32 Å². The number of unbranched alkanes of at least 4 members (excludes halogenated alkanes) is 1. The molecule has 1 atom stereocenters. The summed E-state index contributed by atoms with van der Waals surface area (Å²) >= 11 is 0. The van der Waals surface area contributed by atoms with Crippen molar-refractivity contribution in [2.45, 2.75) is 39.0 Å². The van der Waals surface area contributed by atoms with Crippen LogP contribution < -0.4 is 5.32 Å².